The number of hydrogen-bond acceptors (Lipinski definition) is 5. The molecule has 27 heavy (non-hydrogen) atoms. The summed E-state index contributed by atoms with van der Waals surface area (Å²) < 4.78 is 10.6. The van der Waals surface area contributed by atoms with E-state index in [-0.39, 0.29) is 17.2 Å². The van der Waals surface area contributed by atoms with Crippen LogP contribution in [-0.2, 0) is 17.9 Å². The summed E-state index contributed by atoms with van der Waals surface area (Å²) in [7, 11) is 0. The van der Waals surface area contributed by atoms with Gasteiger partial charge in [-0.05, 0) is 42.0 Å². The molecule has 0 bridgehead atoms. The van der Waals surface area contributed by atoms with E-state index < -0.39 is 0 Å². The fraction of sp³-hybridized carbons (Fsp3) is 0.200. The number of amides is 2. The van der Waals surface area contributed by atoms with Crippen molar-refractivity contribution in [1.29, 1.82) is 0 Å². The summed E-state index contributed by atoms with van der Waals surface area (Å²) in [5.41, 5.74) is 1.55. The molecule has 6 nitrogen and oxygen atoms in total. The molecule has 1 saturated heterocycles. The van der Waals surface area contributed by atoms with Crippen molar-refractivity contribution < 1.29 is 18.4 Å². The Bertz CT molecular complexity index is 904. The van der Waals surface area contributed by atoms with Gasteiger partial charge in [0.25, 0.3) is 5.91 Å². The summed E-state index contributed by atoms with van der Waals surface area (Å²) in [6.07, 6.45) is 3.18. The van der Waals surface area contributed by atoms with Crippen molar-refractivity contribution in [3.05, 3.63) is 83.7 Å². The first-order chi connectivity index (χ1) is 13.2. The lowest BCUT2D eigenvalue weighted by molar-refractivity contribution is -0.128. The minimum Gasteiger partial charge on any atom is -0.467 e. The van der Waals surface area contributed by atoms with Gasteiger partial charge in [0.15, 0.2) is 0 Å². The van der Waals surface area contributed by atoms with Crippen LogP contribution in [0.3, 0.4) is 0 Å². The number of rotatable bonds is 6. The molecule has 0 spiro atoms. The predicted octanol–water partition coefficient (Wildman–Crippen LogP) is 3.58. The van der Waals surface area contributed by atoms with Gasteiger partial charge in [-0.15, -0.1) is 11.8 Å². The maximum atomic E-state index is 12.3. The Balaban J connectivity index is 1.43. The third kappa shape index (κ3) is 3.93. The first-order valence-corrected chi connectivity index (χ1v) is 9.59. The highest BCUT2D eigenvalue weighted by Crippen LogP contribution is 2.39. The zero-order chi connectivity index (χ0) is 18.6. The van der Waals surface area contributed by atoms with Gasteiger partial charge in [0.2, 0.25) is 5.91 Å². The van der Waals surface area contributed by atoms with Crippen molar-refractivity contribution in [2.45, 2.75) is 18.5 Å². The van der Waals surface area contributed by atoms with Crippen molar-refractivity contribution in [1.82, 2.24) is 10.2 Å². The molecule has 1 unspecified atom stereocenters. The number of carbonyl (C=O) groups excluding carboxylic acids is 2. The molecule has 138 valence electrons. The number of thioether (sulfide) groups is 1. The SMILES string of the molecule is O=C(NCc1ccco1)c1ccc(C2SCC(=O)N2Cc2ccco2)cc1. The van der Waals surface area contributed by atoms with Crippen LogP contribution >= 0.6 is 11.8 Å². The highest BCUT2D eigenvalue weighted by Gasteiger charge is 2.33. The molecule has 3 heterocycles. The molecule has 1 aliphatic heterocycles. The first-order valence-electron chi connectivity index (χ1n) is 8.55. The molecule has 2 aromatic heterocycles. The van der Waals surface area contributed by atoms with Crippen molar-refractivity contribution >= 4 is 23.6 Å². The largest absolute Gasteiger partial charge is 0.467 e. The fourth-order valence-electron chi connectivity index (χ4n) is 2.95. The monoisotopic (exact) mass is 382 g/mol. The summed E-state index contributed by atoms with van der Waals surface area (Å²) in [5, 5.41) is 2.74. The second-order valence-electron chi connectivity index (χ2n) is 6.15. The lowest BCUT2D eigenvalue weighted by Gasteiger charge is -2.23. The van der Waals surface area contributed by atoms with Crippen LogP contribution in [0.25, 0.3) is 0 Å². The number of nitrogens with zero attached hydrogens (tertiary/aromatic N) is 1. The van der Waals surface area contributed by atoms with Crippen molar-refractivity contribution in [2.75, 3.05) is 5.75 Å². The lowest BCUT2D eigenvalue weighted by Crippen LogP contribution is -2.27. The molecule has 1 atom stereocenters. The van der Waals surface area contributed by atoms with E-state index in [0.29, 0.717) is 30.2 Å². The van der Waals surface area contributed by atoms with Gasteiger partial charge in [0.1, 0.15) is 16.9 Å². The Labute approximate surface area is 160 Å². The van der Waals surface area contributed by atoms with Gasteiger partial charge in [-0.3, -0.25) is 9.59 Å². The number of furan rings is 2. The van der Waals surface area contributed by atoms with Crippen molar-refractivity contribution in [3.63, 3.8) is 0 Å². The van der Waals surface area contributed by atoms with Crippen molar-refractivity contribution in [2.24, 2.45) is 0 Å². The van der Waals surface area contributed by atoms with Gasteiger partial charge in [-0.25, -0.2) is 0 Å². The molecule has 1 aliphatic rings. The number of nitrogens with one attached hydrogen (secondary N) is 1. The third-order valence-electron chi connectivity index (χ3n) is 4.34. The summed E-state index contributed by atoms with van der Waals surface area (Å²) in [6.45, 7) is 0.784. The molecule has 3 aromatic rings. The molecule has 1 aromatic carbocycles. The lowest BCUT2D eigenvalue weighted by atomic mass is 10.1. The molecule has 1 fully saturated rings. The average Bonchev–Trinajstić information content (AvgIpc) is 3.44. The van der Waals surface area contributed by atoms with Gasteiger partial charge in [0, 0.05) is 5.56 Å². The summed E-state index contributed by atoms with van der Waals surface area (Å²) in [5.74, 6) is 1.82. The van der Waals surface area contributed by atoms with Gasteiger partial charge in [0.05, 0.1) is 31.4 Å². The third-order valence-corrected chi connectivity index (χ3v) is 5.59. The van der Waals surface area contributed by atoms with E-state index in [1.165, 1.54) is 0 Å². The molecule has 0 saturated carbocycles. The van der Waals surface area contributed by atoms with Gasteiger partial charge >= 0.3 is 0 Å². The molecular weight excluding hydrogens is 364 g/mol. The van der Waals surface area contributed by atoms with E-state index in [0.717, 1.165) is 11.3 Å². The van der Waals surface area contributed by atoms with E-state index in [9.17, 15) is 9.59 Å². The Kier molecular flexibility index (Phi) is 5.02. The maximum Gasteiger partial charge on any atom is 0.251 e. The van der Waals surface area contributed by atoms with E-state index >= 15 is 0 Å². The topological polar surface area (TPSA) is 75.7 Å². The van der Waals surface area contributed by atoms with E-state index in [4.69, 9.17) is 8.83 Å². The van der Waals surface area contributed by atoms with Gasteiger partial charge < -0.3 is 19.1 Å². The molecule has 0 radical (unpaired) electrons. The predicted molar refractivity (Wildman–Crippen MR) is 101 cm³/mol. The second-order valence-corrected chi connectivity index (χ2v) is 7.22. The minimum absolute atomic E-state index is 0.0807. The molecule has 0 aliphatic carbocycles. The fourth-order valence-corrected chi connectivity index (χ4v) is 4.14. The first kappa shape index (κ1) is 17.5. The van der Waals surface area contributed by atoms with Crippen LogP contribution in [0.2, 0.25) is 0 Å². The van der Waals surface area contributed by atoms with Crippen LogP contribution in [0, 0.1) is 0 Å². The Morgan fingerprint density at radius 3 is 2.44 bits per heavy atom. The van der Waals surface area contributed by atoms with Crippen LogP contribution in [0.15, 0.2) is 69.9 Å². The van der Waals surface area contributed by atoms with Crippen LogP contribution in [-0.4, -0.2) is 22.5 Å². The normalized spacial score (nSPS) is 16.7. The molecule has 1 N–H and O–H groups in total. The minimum atomic E-state index is -0.166. The van der Waals surface area contributed by atoms with Crippen LogP contribution in [0.4, 0.5) is 0 Å². The van der Waals surface area contributed by atoms with Crippen LogP contribution in [0.5, 0.6) is 0 Å². The zero-order valence-electron chi connectivity index (χ0n) is 14.5. The second kappa shape index (κ2) is 7.75. The summed E-state index contributed by atoms with van der Waals surface area (Å²) in [6, 6.07) is 14.6. The van der Waals surface area contributed by atoms with E-state index in [1.54, 1.807) is 47.4 Å². The summed E-state index contributed by atoms with van der Waals surface area (Å²) in [4.78, 5) is 26.3. The molecule has 2 amide bonds. The molecule has 7 heteroatoms. The highest BCUT2D eigenvalue weighted by molar-refractivity contribution is 8.00. The Hall–Kier alpha value is -2.93. The number of carbonyl (C=O) groups is 2. The highest BCUT2D eigenvalue weighted by atomic mass is 32.2. The number of benzene rings is 1. The Morgan fingerprint density at radius 1 is 1.07 bits per heavy atom. The molecular formula is C20H18N2O4S. The van der Waals surface area contributed by atoms with Gasteiger partial charge in [-0.1, -0.05) is 12.1 Å². The maximum absolute atomic E-state index is 12.3. The standard InChI is InChI=1S/C20H18N2O4S/c23-18-13-27-20(22(18)12-17-4-2-10-26-17)15-7-5-14(6-8-15)19(24)21-11-16-3-1-9-25-16/h1-10,20H,11-13H2,(H,21,24). The number of hydrogen-bond donors (Lipinski definition) is 1. The van der Waals surface area contributed by atoms with Crippen molar-refractivity contribution in [3.8, 4) is 0 Å². The van der Waals surface area contributed by atoms with E-state index in [2.05, 4.69) is 5.32 Å². The molecule has 4 rings (SSSR count). The van der Waals surface area contributed by atoms with E-state index in [1.807, 2.05) is 30.3 Å². The van der Waals surface area contributed by atoms with Crippen LogP contribution in [0.1, 0.15) is 32.8 Å². The zero-order valence-corrected chi connectivity index (χ0v) is 15.3. The quantitative estimate of drug-likeness (QED) is 0.705. The van der Waals surface area contributed by atoms with Gasteiger partial charge in [-0.2, -0.15) is 0 Å². The van der Waals surface area contributed by atoms with Crippen LogP contribution < -0.4 is 5.32 Å². The average molecular weight is 382 g/mol. The smallest absolute Gasteiger partial charge is 0.251 e. The summed E-state index contributed by atoms with van der Waals surface area (Å²) >= 11 is 1.58. The Morgan fingerprint density at radius 2 is 1.78 bits per heavy atom.